The second-order valence-electron chi connectivity index (χ2n) is 5.23. The van der Waals surface area contributed by atoms with Gasteiger partial charge >= 0.3 is 0 Å². The first kappa shape index (κ1) is 21.7. The Kier molecular flexibility index (Phi) is 9.16. The van der Waals surface area contributed by atoms with E-state index in [9.17, 15) is 24.9 Å². The fourth-order valence-corrected chi connectivity index (χ4v) is 2.19. The third kappa shape index (κ3) is 6.13. The lowest BCUT2D eigenvalue weighted by molar-refractivity contribution is -0.300. The minimum Gasteiger partial charge on any atom is -0.394 e. The highest BCUT2D eigenvalue weighted by atomic mass is 16.7. The third-order valence-corrected chi connectivity index (χ3v) is 3.41. The number of carbonyl (C=O) groups excluding carboxylic acids is 2. The summed E-state index contributed by atoms with van der Waals surface area (Å²) in [6.45, 7) is -1.04. The van der Waals surface area contributed by atoms with E-state index in [1.807, 2.05) is 0 Å². The van der Waals surface area contributed by atoms with Crippen LogP contribution < -0.4 is 16.8 Å². The molecule has 0 aromatic carbocycles. The Hall–Kier alpha value is -1.38. The molecule has 12 nitrogen and oxygen atoms in total. The summed E-state index contributed by atoms with van der Waals surface area (Å²) in [5.74, 6) is -1.70. The number of hydrogen-bond donors (Lipinski definition) is 6. The number of aliphatic hydroxyl groups excluding tert-OH is 3. The lowest BCUT2D eigenvalue weighted by atomic mass is 9.99. The number of nitrogens with two attached hydrogens (primary N) is 2. The van der Waals surface area contributed by atoms with Crippen LogP contribution in [0.1, 0.15) is 0 Å². The Morgan fingerprint density at radius 3 is 2.52 bits per heavy atom. The summed E-state index contributed by atoms with van der Waals surface area (Å²) in [6.07, 6.45) is -7.68. The Balaban J connectivity index is 2.61. The van der Waals surface area contributed by atoms with E-state index in [4.69, 9.17) is 30.4 Å². The van der Waals surface area contributed by atoms with Gasteiger partial charge in [-0.25, -0.2) is 0 Å². The van der Waals surface area contributed by atoms with Crippen molar-refractivity contribution in [1.82, 2.24) is 5.32 Å². The number of hydrogen-bond acceptors (Lipinski definition) is 10. The number of nitrogens with one attached hydrogen (secondary N) is 1. The summed E-state index contributed by atoms with van der Waals surface area (Å²) in [5.41, 5.74) is 10.3. The molecule has 0 aromatic heterocycles. The maximum absolute atomic E-state index is 11.8. The van der Waals surface area contributed by atoms with Crippen molar-refractivity contribution < 1.29 is 43.9 Å². The fourth-order valence-electron chi connectivity index (χ4n) is 2.19. The third-order valence-electron chi connectivity index (χ3n) is 3.41. The van der Waals surface area contributed by atoms with E-state index in [0.29, 0.717) is 0 Å². The zero-order valence-electron chi connectivity index (χ0n) is 13.7. The van der Waals surface area contributed by atoms with Crippen molar-refractivity contribution >= 4 is 11.8 Å². The first-order valence-corrected chi connectivity index (χ1v) is 7.52. The van der Waals surface area contributed by atoms with Gasteiger partial charge in [0.1, 0.15) is 31.0 Å². The summed E-state index contributed by atoms with van der Waals surface area (Å²) in [5, 5.41) is 31.5. The van der Waals surface area contributed by atoms with Crippen LogP contribution >= 0.6 is 0 Å². The monoisotopic (exact) mass is 367 g/mol. The van der Waals surface area contributed by atoms with Crippen molar-refractivity contribution in [3.05, 3.63) is 0 Å². The van der Waals surface area contributed by atoms with Gasteiger partial charge in [-0.05, 0) is 0 Å². The van der Waals surface area contributed by atoms with Crippen LogP contribution in [0.3, 0.4) is 0 Å². The largest absolute Gasteiger partial charge is 0.394 e. The summed E-state index contributed by atoms with van der Waals surface area (Å²) in [7, 11) is 1.26. The van der Waals surface area contributed by atoms with Crippen molar-refractivity contribution in [3.63, 3.8) is 0 Å². The van der Waals surface area contributed by atoms with Gasteiger partial charge in [-0.15, -0.1) is 0 Å². The van der Waals surface area contributed by atoms with Gasteiger partial charge < -0.3 is 51.1 Å². The van der Waals surface area contributed by atoms with Gasteiger partial charge in [0.25, 0.3) is 5.91 Å². The highest BCUT2D eigenvalue weighted by molar-refractivity contribution is 5.85. The lowest BCUT2D eigenvalue weighted by Crippen LogP contribution is -2.60. The second-order valence-corrected chi connectivity index (χ2v) is 5.23. The van der Waals surface area contributed by atoms with Gasteiger partial charge in [0.2, 0.25) is 12.1 Å². The highest BCUT2D eigenvalue weighted by Crippen LogP contribution is 2.23. The molecule has 0 aliphatic carbocycles. The van der Waals surface area contributed by atoms with Crippen molar-refractivity contribution in [2.45, 2.75) is 36.9 Å². The smallest absolute Gasteiger partial charge is 0.267 e. The zero-order chi connectivity index (χ0) is 19.0. The number of methoxy groups -OCH3 is 1. The van der Waals surface area contributed by atoms with Gasteiger partial charge in [-0.2, -0.15) is 0 Å². The second kappa shape index (κ2) is 10.6. The molecule has 0 aromatic rings. The minimum absolute atomic E-state index is 0.000164. The molecule has 1 fully saturated rings. The van der Waals surface area contributed by atoms with Crippen LogP contribution in [0.15, 0.2) is 0 Å². The van der Waals surface area contributed by atoms with E-state index in [0.717, 1.165) is 0 Å². The minimum atomic E-state index is -1.41. The van der Waals surface area contributed by atoms with Crippen LogP contribution in [0.4, 0.5) is 0 Å². The van der Waals surface area contributed by atoms with Gasteiger partial charge in [-0.3, -0.25) is 9.59 Å². The molecular weight excluding hydrogens is 342 g/mol. The molecule has 1 rings (SSSR count). The van der Waals surface area contributed by atoms with Crippen LogP contribution in [0, 0.1) is 0 Å². The number of ether oxygens (including phenoxy) is 4. The molecule has 25 heavy (non-hydrogen) atoms. The molecule has 0 radical (unpaired) electrons. The van der Waals surface area contributed by atoms with Crippen molar-refractivity contribution in [2.24, 2.45) is 11.5 Å². The topological polar surface area (TPSA) is 196 Å². The van der Waals surface area contributed by atoms with Crippen molar-refractivity contribution in [1.29, 1.82) is 0 Å². The Morgan fingerprint density at radius 1 is 1.32 bits per heavy atom. The lowest BCUT2D eigenvalue weighted by Gasteiger charge is -2.41. The van der Waals surface area contributed by atoms with E-state index in [1.165, 1.54) is 7.11 Å². The number of primary amides is 1. The molecule has 0 bridgehead atoms. The van der Waals surface area contributed by atoms with Gasteiger partial charge in [0.15, 0.2) is 6.29 Å². The normalized spacial score (nSPS) is 30.7. The van der Waals surface area contributed by atoms with Crippen LogP contribution in [-0.2, 0) is 28.5 Å². The Bertz CT molecular complexity index is 423. The molecule has 1 aliphatic rings. The molecule has 1 heterocycles. The highest BCUT2D eigenvalue weighted by Gasteiger charge is 2.45. The van der Waals surface area contributed by atoms with Crippen LogP contribution in [-0.4, -0.2) is 97.5 Å². The summed E-state index contributed by atoms with van der Waals surface area (Å²) < 4.78 is 20.2. The summed E-state index contributed by atoms with van der Waals surface area (Å²) in [4.78, 5) is 23.0. The number of amides is 2. The van der Waals surface area contributed by atoms with E-state index in [1.54, 1.807) is 0 Å². The first-order valence-electron chi connectivity index (χ1n) is 7.52. The molecule has 0 spiro atoms. The number of carbonyl (C=O) groups is 2. The quantitative estimate of drug-likeness (QED) is 0.204. The Labute approximate surface area is 144 Å². The predicted octanol–water partition coefficient (Wildman–Crippen LogP) is -4.64. The van der Waals surface area contributed by atoms with Gasteiger partial charge in [-0.1, -0.05) is 0 Å². The number of aliphatic hydroxyl groups is 3. The van der Waals surface area contributed by atoms with Crippen LogP contribution in [0.2, 0.25) is 0 Å². The SMILES string of the molecule is CO[C@@H]1OC(CO)[C@@H](O)C(OCC(=O)N[C@@H](OCCN)C(N)=O)C1O. The molecule has 146 valence electrons. The zero-order valence-corrected chi connectivity index (χ0v) is 13.7. The first-order chi connectivity index (χ1) is 11.8. The van der Waals surface area contributed by atoms with Crippen LogP contribution in [0.5, 0.6) is 0 Å². The molecule has 2 amide bonds. The van der Waals surface area contributed by atoms with E-state index < -0.39 is 62.0 Å². The van der Waals surface area contributed by atoms with Gasteiger partial charge in [0.05, 0.1) is 13.2 Å². The maximum Gasteiger partial charge on any atom is 0.267 e. The van der Waals surface area contributed by atoms with E-state index >= 15 is 0 Å². The summed E-state index contributed by atoms with van der Waals surface area (Å²) in [6, 6.07) is 0. The molecular formula is C13H25N3O9. The molecule has 12 heteroatoms. The molecule has 3 unspecified atom stereocenters. The van der Waals surface area contributed by atoms with Crippen molar-refractivity contribution in [3.8, 4) is 0 Å². The van der Waals surface area contributed by atoms with Crippen molar-refractivity contribution in [2.75, 3.05) is 33.5 Å². The van der Waals surface area contributed by atoms with E-state index in [-0.39, 0.29) is 13.2 Å². The molecule has 1 aliphatic heterocycles. The summed E-state index contributed by atoms with van der Waals surface area (Å²) >= 11 is 0. The standard InChI is InChI=1S/C13H25N3O9/c1-22-13-9(20)10(8(19)6(4-17)25-13)24-5-7(18)16-12(11(15)21)23-3-2-14/h6,8-10,12-13,17,19-20H,2-5,14H2,1H3,(H2,15,21)(H,16,18)/t6?,8-,9?,10?,12+,13-/m1/s1. The molecule has 8 N–H and O–H groups in total. The van der Waals surface area contributed by atoms with Gasteiger partial charge in [0, 0.05) is 13.7 Å². The Morgan fingerprint density at radius 2 is 2.00 bits per heavy atom. The average Bonchev–Trinajstić information content (AvgIpc) is 2.58. The predicted molar refractivity (Wildman–Crippen MR) is 80.6 cm³/mol. The molecule has 0 saturated carbocycles. The maximum atomic E-state index is 11.8. The van der Waals surface area contributed by atoms with E-state index in [2.05, 4.69) is 5.32 Å². The fraction of sp³-hybridized carbons (Fsp3) is 0.846. The molecule has 6 atom stereocenters. The van der Waals surface area contributed by atoms with Crippen LogP contribution in [0.25, 0.3) is 0 Å². The number of rotatable bonds is 10. The molecule has 1 saturated heterocycles. The average molecular weight is 367 g/mol.